The lowest BCUT2D eigenvalue weighted by Gasteiger charge is -2.26. The van der Waals surface area contributed by atoms with Crippen molar-refractivity contribution in [3.63, 3.8) is 0 Å². The van der Waals surface area contributed by atoms with Crippen LogP contribution in [0.5, 0.6) is 0 Å². The lowest BCUT2D eigenvalue weighted by atomic mass is 9.94. The number of ether oxygens (including phenoxy) is 1. The fourth-order valence-electron chi connectivity index (χ4n) is 5.48. The minimum atomic E-state index is -0.103. The van der Waals surface area contributed by atoms with Crippen LogP contribution in [0.1, 0.15) is 36.2 Å². The van der Waals surface area contributed by atoms with E-state index in [1.807, 2.05) is 49.4 Å². The number of nitrogens with one attached hydrogen (secondary N) is 2. The van der Waals surface area contributed by atoms with Gasteiger partial charge in [-0.2, -0.15) is 0 Å². The summed E-state index contributed by atoms with van der Waals surface area (Å²) in [5, 5.41) is 7.47. The Morgan fingerprint density at radius 1 is 1.00 bits per heavy atom. The highest BCUT2D eigenvalue weighted by molar-refractivity contribution is 5.96. The Bertz CT molecular complexity index is 1620. The Morgan fingerprint density at radius 2 is 1.80 bits per heavy atom. The molecule has 4 aromatic rings. The number of carbonyl (C=O) groups excluding carboxylic acids is 1. The van der Waals surface area contributed by atoms with Gasteiger partial charge in [-0.3, -0.25) is 9.69 Å². The molecular formula is C34H35N5O2. The van der Waals surface area contributed by atoms with Crippen molar-refractivity contribution < 1.29 is 9.53 Å². The van der Waals surface area contributed by atoms with Crippen LogP contribution in [0.15, 0.2) is 96.2 Å². The number of rotatable bonds is 7. The summed E-state index contributed by atoms with van der Waals surface area (Å²) in [4.78, 5) is 25.1. The van der Waals surface area contributed by atoms with Gasteiger partial charge in [-0.05, 0) is 66.8 Å². The quantitative estimate of drug-likeness (QED) is 0.277. The summed E-state index contributed by atoms with van der Waals surface area (Å²) in [6.45, 7) is 8.52. The zero-order valence-electron chi connectivity index (χ0n) is 23.6. The average Bonchev–Trinajstić information content (AvgIpc) is 2.99. The second-order valence-corrected chi connectivity index (χ2v) is 10.8. The van der Waals surface area contributed by atoms with E-state index >= 15 is 0 Å². The molecule has 7 nitrogen and oxygen atoms in total. The smallest absolute Gasteiger partial charge is 0.255 e. The highest BCUT2D eigenvalue weighted by Gasteiger charge is 2.18. The third kappa shape index (κ3) is 6.21. The van der Waals surface area contributed by atoms with Crippen LogP contribution >= 0.6 is 0 Å². The zero-order valence-corrected chi connectivity index (χ0v) is 23.6. The third-order valence-electron chi connectivity index (χ3n) is 7.74. The fourth-order valence-corrected chi connectivity index (χ4v) is 5.48. The SMILES string of the molecule is CC1=C(NC(=O)c2ccc(Nc3nc(-c4cccc(CN5CCOCC5)c4)c4ccccc4n3)cc2)C(C)CC=C1. The van der Waals surface area contributed by atoms with Crippen LogP contribution in [0.4, 0.5) is 11.6 Å². The summed E-state index contributed by atoms with van der Waals surface area (Å²) >= 11 is 0. The average molecular weight is 546 g/mol. The van der Waals surface area contributed by atoms with Gasteiger partial charge >= 0.3 is 0 Å². The van der Waals surface area contributed by atoms with E-state index in [4.69, 9.17) is 14.7 Å². The van der Waals surface area contributed by atoms with Crippen molar-refractivity contribution in [2.75, 3.05) is 31.6 Å². The molecule has 7 heteroatoms. The molecule has 2 aliphatic rings. The first kappa shape index (κ1) is 26.9. The molecule has 1 aliphatic heterocycles. The lowest BCUT2D eigenvalue weighted by Crippen LogP contribution is -2.35. The monoisotopic (exact) mass is 545 g/mol. The Balaban J connectivity index is 1.23. The van der Waals surface area contributed by atoms with Crippen LogP contribution in [-0.2, 0) is 11.3 Å². The number of benzene rings is 3. The van der Waals surface area contributed by atoms with Gasteiger partial charge in [-0.15, -0.1) is 0 Å². The number of morpholine rings is 1. The Labute approximate surface area is 241 Å². The van der Waals surface area contributed by atoms with Crippen LogP contribution in [0, 0.1) is 5.92 Å². The van der Waals surface area contributed by atoms with E-state index in [1.165, 1.54) is 5.56 Å². The first-order chi connectivity index (χ1) is 20.0. The predicted molar refractivity (Wildman–Crippen MR) is 164 cm³/mol. The van der Waals surface area contributed by atoms with E-state index in [0.717, 1.165) is 78.4 Å². The van der Waals surface area contributed by atoms with E-state index in [0.29, 0.717) is 17.4 Å². The molecule has 0 bridgehead atoms. The van der Waals surface area contributed by atoms with Crippen molar-refractivity contribution in [2.45, 2.75) is 26.8 Å². The predicted octanol–water partition coefficient (Wildman–Crippen LogP) is 6.47. The summed E-state index contributed by atoms with van der Waals surface area (Å²) in [6.07, 6.45) is 5.15. The summed E-state index contributed by atoms with van der Waals surface area (Å²) in [7, 11) is 0. The molecule has 1 atom stereocenters. The number of nitrogens with zero attached hydrogens (tertiary/aromatic N) is 3. The number of hydrogen-bond acceptors (Lipinski definition) is 6. The molecule has 0 saturated carbocycles. The number of aromatic nitrogens is 2. The van der Waals surface area contributed by atoms with Crippen LogP contribution < -0.4 is 10.6 Å². The van der Waals surface area contributed by atoms with E-state index in [-0.39, 0.29) is 5.91 Å². The molecular weight excluding hydrogens is 510 g/mol. The highest BCUT2D eigenvalue weighted by atomic mass is 16.5. The van der Waals surface area contributed by atoms with Gasteiger partial charge in [0, 0.05) is 47.5 Å². The summed E-state index contributed by atoms with van der Waals surface area (Å²) in [6, 6.07) is 24.1. The van der Waals surface area contributed by atoms with E-state index < -0.39 is 0 Å². The molecule has 2 heterocycles. The van der Waals surface area contributed by atoms with Crippen molar-refractivity contribution in [3.8, 4) is 11.3 Å². The second kappa shape index (κ2) is 12.0. The first-order valence-corrected chi connectivity index (χ1v) is 14.3. The maximum Gasteiger partial charge on any atom is 0.255 e. The highest BCUT2D eigenvalue weighted by Crippen LogP contribution is 2.29. The molecule has 208 valence electrons. The van der Waals surface area contributed by atoms with Crippen LogP contribution in [-0.4, -0.2) is 47.1 Å². The minimum absolute atomic E-state index is 0.103. The topological polar surface area (TPSA) is 79.4 Å². The number of para-hydroxylation sites is 1. The molecule has 1 amide bonds. The molecule has 0 spiro atoms. The third-order valence-corrected chi connectivity index (χ3v) is 7.74. The Hall–Kier alpha value is -4.33. The van der Waals surface area contributed by atoms with Gasteiger partial charge in [0.1, 0.15) is 0 Å². The first-order valence-electron chi connectivity index (χ1n) is 14.3. The summed E-state index contributed by atoms with van der Waals surface area (Å²) in [5.74, 6) is 0.705. The minimum Gasteiger partial charge on any atom is -0.379 e. The Kier molecular flexibility index (Phi) is 7.89. The zero-order chi connectivity index (χ0) is 28.2. The normalized spacial score (nSPS) is 17.6. The van der Waals surface area contributed by atoms with Crippen LogP contribution in [0.25, 0.3) is 22.2 Å². The number of carbonyl (C=O) groups is 1. The lowest BCUT2D eigenvalue weighted by molar-refractivity contribution is 0.0342. The maximum atomic E-state index is 13.0. The molecule has 1 fully saturated rings. The van der Waals surface area contributed by atoms with Crippen molar-refractivity contribution in [3.05, 3.63) is 107 Å². The van der Waals surface area contributed by atoms with Crippen LogP contribution in [0.3, 0.4) is 0 Å². The molecule has 1 unspecified atom stereocenters. The van der Waals surface area contributed by atoms with Gasteiger partial charge in [0.05, 0.1) is 24.4 Å². The maximum absolute atomic E-state index is 13.0. The van der Waals surface area contributed by atoms with Crippen molar-refractivity contribution in [1.29, 1.82) is 0 Å². The van der Waals surface area contributed by atoms with Gasteiger partial charge < -0.3 is 15.4 Å². The largest absolute Gasteiger partial charge is 0.379 e. The molecule has 41 heavy (non-hydrogen) atoms. The van der Waals surface area contributed by atoms with Crippen molar-refractivity contribution >= 4 is 28.4 Å². The molecule has 1 aromatic heterocycles. The van der Waals surface area contributed by atoms with E-state index in [9.17, 15) is 4.79 Å². The standard InChI is InChI=1S/C34H35N5O2/c1-23-7-5-8-24(2)31(23)37-33(40)26-13-15-28(16-14-26)35-34-36-30-12-4-3-11-29(30)32(38-34)27-10-6-9-25(21-27)22-39-17-19-41-20-18-39/h3-7,9-16,21,24H,8,17-20,22H2,1-2H3,(H,37,40)(H,35,36,38). The molecule has 0 radical (unpaired) electrons. The van der Waals surface area contributed by atoms with E-state index in [2.05, 4.69) is 64.9 Å². The number of fused-ring (bicyclic) bond motifs is 1. The number of anilines is 2. The molecule has 6 rings (SSSR count). The van der Waals surface area contributed by atoms with Crippen LogP contribution in [0.2, 0.25) is 0 Å². The van der Waals surface area contributed by atoms with Gasteiger partial charge in [0.2, 0.25) is 5.95 Å². The Morgan fingerprint density at radius 3 is 2.61 bits per heavy atom. The summed E-state index contributed by atoms with van der Waals surface area (Å²) < 4.78 is 5.51. The molecule has 3 aromatic carbocycles. The molecule has 1 saturated heterocycles. The van der Waals surface area contributed by atoms with Gasteiger partial charge in [0.15, 0.2) is 0 Å². The molecule has 2 N–H and O–H groups in total. The second-order valence-electron chi connectivity index (χ2n) is 10.8. The number of hydrogen-bond donors (Lipinski definition) is 2. The van der Waals surface area contributed by atoms with Gasteiger partial charge in [0.25, 0.3) is 5.91 Å². The van der Waals surface area contributed by atoms with Crippen molar-refractivity contribution in [1.82, 2.24) is 20.2 Å². The fraction of sp³-hybridized carbons (Fsp3) is 0.265. The number of allylic oxidation sites excluding steroid dienone is 4. The number of amides is 1. The van der Waals surface area contributed by atoms with Crippen molar-refractivity contribution in [2.24, 2.45) is 5.92 Å². The molecule has 1 aliphatic carbocycles. The van der Waals surface area contributed by atoms with Gasteiger partial charge in [-0.25, -0.2) is 9.97 Å². The van der Waals surface area contributed by atoms with E-state index in [1.54, 1.807) is 0 Å². The summed E-state index contributed by atoms with van der Waals surface area (Å²) in [5.41, 5.74) is 7.58. The van der Waals surface area contributed by atoms with Gasteiger partial charge in [-0.1, -0.05) is 55.5 Å².